The smallest absolute Gasteiger partial charge is 0.149 e. The van der Waals surface area contributed by atoms with E-state index in [1.54, 1.807) is 0 Å². The lowest BCUT2D eigenvalue weighted by molar-refractivity contribution is 0.446. The number of hydrogen-bond donors (Lipinski definition) is 1. The number of rotatable bonds is 9. The third kappa shape index (κ3) is 9.60. The SMILES string of the molecule is CC(C)(C)c1ccc(-n2c(-c3cc(C(C)(C)C)cc(C(C)(C)C)c3O)nc3c(-c4cc(-c5ccccc5)cc(-c5cc(-c6ccc(Cc7ccccc7)cc6)ccn5)c4)cccc32)c(-c2ccccc2)c1. The average Bonchev–Trinajstić information content (AvgIpc) is 3.76. The van der Waals surface area contributed by atoms with E-state index in [1.165, 1.54) is 16.7 Å². The minimum Gasteiger partial charge on any atom is -0.507 e. The lowest BCUT2D eigenvalue weighted by atomic mass is 9.79. The molecule has 10 aromatic rings. The van der Waals surface area contributed by atoms with Crippen molar-refractivity contribution in [1.82, 2.24) is 14.5 Å². The summed E-state index contributed by atoms with van der Waals surface area (Å²) in [4.78, 5) is 10.7. The molecule has 0 saturated heterocycles. The van der Waals surface area contributed by atoms with Gasteiger partial charge in [-0.3, -0.25) is 9.55 Å². The molecule has 1 N–H and O–H groups in total. The monoisotopic (exact) mass is 925 g/mol. The molecule has 4 heteroatoms. The lowest BCUT2D eigenvalue weighted by Crippen LogP contribution is -2.17. The summed E-state index contributed by atoms with van der Waals surface area (Å²) < 4.78 is 2.29. The molecule has 0 saturated carbocycles. The van der Waals surface area contributed by atoms with Gasteiger partial charge in [0.25, 0.3) is 0 Å². The second kappa shape index (κ2) is 18.5. The molecule has 0 fully saturated rings. The van der Waals surface area contributed by atoms with Gasteiger partial charge in [0.2, 0.25) is 0 Å². The van der Waals surface area contributed by atoms with Crippen LogP contribution in [0, 0.1) is 0 Å². The van der Waals surface area contributed by atoms with Crippen LogP contribution in [0.4, 0.5) is 0 Å². The Morgan fingerprint density at radius 2 is 1.01 bits per heavy atom. The van der Waals surface area contributed by atoms with Gasteiger partial charge in [0.1, 0.15) is 11.6 Å². The standard InChI is InChI=1S/C67H63N3O/c1-65(2,3)53-32-33-60(56(41-53)48-24-17-12-18-25-48)70-61-27-19-26-55(62(61)69-64(70)57-42-54(66(4,5)6)43-58(63(57)71)67(7,8)9)51-37-50(46-22-15-11-16-23-46)38-52(39-51)59-40-49(34-35-68-59)47-30-28-45(29-31-47)36-44-20-13-10-14-21-44/h10-35,37-43,71H,36H2,1-9H3. The highest BCUT2D eigenvalue weighted by atomic mass is 16.3. The normalized spacial score (nSPS) is 12.1. The van der Waals surface area contributed by atoms with E-state index in [-0.39, 0.29) is 22.0 Å². The summed E-state index contributed by atoms with van der Waals surface area (Å²) in [5.41, 5.74) is 19.3. The van der Waals surface area contributed by atoms with Crippen molar-refractivity contribution in [2.75, 3.05) is 0 Å². The van der Waals surface area contributed by atoms with E-state index in [4.69, 9.17) is 9.97 Å². The number of aromatic hydroxyl groups is 1. The van der Waals surface area contributed by atoms with Crippen LogP contribution >= 0.6 is 0 Å². The van der Waals surface area contributed by atoms with Crippen molar-refractivity contribution in [1.29, 1.82) is 0 Å². The number of fused-ring (bicyclic) bond motifs is 1. The van der Waals surface area contributed by atoms with E-state index in [0.29, 0.717) is 11.4 Å². The molecular weight excluding hydrogens is 863 g/mol. The number of aromatic nitrogens is 3. The Balaban J connectivity index is 1.21. The van der Waals surface area contributed by atoms with Gasteiger partial charge in [0.15, 0.2) is 0 Å². The molecule has 0 aliphatic carbocycles. The fourth-order valence-corrected chi connectivity index (χ4v) is 9.76. The highest BCUT2D eigenvalue weighted by Crippen LogP contribution is 2.46. The highest BCUT2D eigenvalue weighted by molar-refractivity contribution is 5.98. The Morgan fingerprint density at radius 3 is 1.68 bits per heavy atom. The molecular formula is C67H63N3O. The van der Waals surface area contributed by atoms with Gasteiger partial charge in [-0.25, -0.2) is 4.98 Å². The van der Waals surface area contributed by atoms with Crippen molar-refractivity contribution in [3.8, 4) is 78.6 Å². The van der Waals surface area contributed by atoms with Crippen molar-refractivity contribution < 1.29 is 5.11 Å². The first-order chi connectivity index (χ1) is 34.0. The fourth-order valence-electron chi connectivity index (χ4n) is 9.76. The number of nitrogens with zero attached hydrogens (tertiary/aromatic N) is 3. The summed E-state index contributed by atoms with van der Waals surface area (Å²) >= 11 is 0. The van der Waals surface area contributed by atoms with Gasteiger partial charge in [-0.05, 0) is 133 Å². The molecule has 8 aromatic carbocycles. The molecule has 2 heterocycles. The van der Waals surface area contributed by atoms with Crippen LogP contribution < -0.4 is 0 Å². The fraction of sp³-hybridized carbons (Fsp3) is 0.194. The molecule has 0 unspecified atom stereocenters. The third-order valence-electron chi connectivity index (χ3n) is 13.8. The van der Waals surface area contributed by atoms with E-state index in [9.17, 15) is 5.11 Å². The molecule has 0 aliphatic rings. The first kappa shape index (κ1) is 46.9. The number of phenols is 1. The number of hydrogen-bond acceptors (Lipinski definition) is 3. The predicted octanol–water partition coefficient (Wildman–Crippen LogP) is 17.6. The minimum absolute atomic E-state index is 0.0843. The largest absolute Gasteiger partial charge is 0.507 e. The maximum atomic E-state index is 12.6. The van der Waals surface area contributed by atoms with E-state index < -0.39 is 0 Å². The van der Waals surface area contributed by atoms with Crippen LogP contribution in [0.25, 0.3) is 83.9 Å². The van der Waals surface area contributed by atoms with E-state index in [0.717, 1.165) is 90.0 Å². The summed E-state index contributed by atoms with van der Waals surface area (Å²) in [6.45, 7) is 20.0. The van der Waals surface area contributed by atoms with Crippen LogP contribution in [0.3, 0.4) is 0 Å². The third-order valence-corrected chi connectivity index (χ3v) is 13.8. The van der Waals surface area contributed by atoms with E-state index >= 15 is 0 Å². The summed E-state index contributed by atoms with van der Waals surface area (Å²) in [6, 6.07) is 69.6. The lowest BCUT2D eigenvalue weighted by Gasteiger charge is -2.28. The first-order valence-electron chi connectivity index (χ1n) is 24.9. The number of phenolic OH excluding ortho intramolecular Hbond substituents is 1. The second-order valence-corrected chi connectivity index (χ2v) is 22.2. The number of pyridine rings is 1. The second-order valence-electron chi connectivity index (χ2n) is 22.2. The van der Waals surface area contributed by atoms with Crippen LogP contribution in [0.1, 0.15) is 90.1 Å². The molecule has 0 bridgehead atoms. The molecule has 71 heavy (non-hydrogen) atoms. The van der Waals surface area contributed by atoms with Gasteiger partial charge in [-0.1, -0.05) is 202 Å². The predicted molar refractivity (Wildman–Crippen MR) is 298 cm³/mol. The zero-order chi connectivity index (χ0) is 49.7. The summed E-state index contributed by atoms with van der Waals surface area (Å²) in [7, 11) is 0. The maximum Gasteiger partial charge on any atom is 0.149 e. The first-order valence-corrected chi connectivity index (χ1v) is 24.9. The van der Waals surface area contributed by atoms with Crippen molar-refractivity contribution in [2.45, 2.75) is 85.0 Å². The van der Waals surface area contributed by atoms with Gasteiger partial charge < -0.3 is 5.11 Å². The average molecular weight is 926 g/mol. The summed E-state index contributed by atoms with van der Waals surface area (Å²) in [5.74, 6) is 0.937. The summed E-state index contributed by atoms with van der Waals surface area (Å²) in [6.07, 6.45) is 2.82. The molecule has 4 nitrogen and oxygen atoms in total. The van der Waals surface area contributed by atoms with Gasteiger partial charge in [-0.15, -0.1) is 0 Å². The Hall–Kier alpha value is -7.82. The van der Waals surface area contributed by atoms with Crippen LogP contribution in [0.2, 0.25) is 0 Å². The zero-order valence-electron chi connectivity index (χ0n) is 42.5. The van der Waals surface area contributed by atoms with Gasteiger partial charge >= 0.3 is 0 Å². The van der Waals surface area contributed by atoms with E-state index in [1.807, 2.05) is 6.20 Å². The Labute approximate surface area is 420 Å². The van der Waals surface area contributed by atoms with Crippen LogP contribution in [-0.2, 0) is 22.7 Å². The Kier molecular flexibility index (Phi) is 12.2. The maximum absolute atomic E-state index is 12.6. The molecule has 0 amide bonds. The van der Waals surface area contributed by atoms with Gasteiger partial charge in [-0.2, -0.15) is 0 Å². The topological polar surface area (TPSA) is 50.9 Å². The molecule has 0 atom stereocenters. The molecule has 0 radical (unpaired) electrons. The number of para-hydroxylation sites is 1. The molecule has 2 aromatic heterocycles. The number of benzene rings is 8. The van der Waals surface area contributed by atoms with Crippen molar-refractivity contribution >= 4 is 11.0 Å². The molecule has 352 valence electrons. The Bertz CT molecular complexity index is 3530. The van der Waals surface area contributed by atoms with Gasteiger partial charge in [0, 0.05) is 28.5 Å². The zero-order valence-corrected chi connectivity index (χ0v) is 42.5. The van der Waals surface area contributed by atoms with Crippen LogP contribution in [-0.4, -0.2) is 19.6 Å². The highest BCUT2D eigenvalue weighted by Gasteiger charge is 2.30. The van der Waals surface area contributed by atoms with E-state index in [2.05, 4.69) is 261 Å². The van der Waals surface area contributed by atoms with Crippen molar-refractivity contribution in [3.63, 3.8) is 0 Å². The summed E-state index contributed by atoms with van der Waals surface area (Å²) in [5, 5.41) is 12.6. The number of imidazole rings is 1. The molecule has 0 spiro atoms. The van der Waals surface area contributed by atoms with Gasteiger partial charge in [0.05, 0.1) is 28.0 Å². The van der Waals surface area contributed by atoms with Crippen molar-refractivity contribution in [2.24, 2.45) is 0 Å². The molecule has 0 aliphatic heterocycles. The van der Waals surface area contributed by atoms with Crippen LogP contribution in [0.15, 0.2) is 200 Å². The minimum atomic E-state index is -0.336. The van der Waals surface area contributed by atoms with Crippen LogP contribution in [0.5, 0.6) is 5.75 Å². The Morgan fingerprint density at radius 1 is 0.423 bits per heavy atom. The quantitative estimate of drug-likeness (QED) is 0.157. The van der Waals surface area contributed by atoms with Crippen molar-refractivity contribution in [3.05, 3.63) is 228 Å². The molecule has 10 rings (SSSR count).